The fourth-order valence-corrected chi connectivity index (χ4v) is 2.89. The van der Waals surface area contributed by atoms with Crippen LogP contribution in [-0.2, 0) is 9.59 Å². The summed E-state index contributed by atoms with van der Waals surface area (Å²) in [5, 5.41) is 9.06. The van der Waals surface area contributed by atoms with Gasteiger partial charge in [0, 0.05) is 25.5 Å². The van der Waals surface area contributed by atoms with Gasteiger partial charge in [0.25, 0.3) is 0 Å². The normalized spacial score (nSPS) is 34.5. The molecule has 1 aliphatic carbocycles. The first-order valence-electron chi connectivity index (χ1n) is 6.57. The number of hydrogen-bond donors (Lipinski definition) is 1. The Kier molecular flexibility index (Phi) is 3.82. The molecule has 0 spiro atoms. The molecule has 1 heterocycles. The van der Waals surface area contributed by atoms with Gasteiger partial charge < -0.3 is 5.11 Å². The minimum absolute atomic E-state index is 0.000665. The highest BCUT2D eigenvalue weighted by Crippen LogP contribution is 2.30. The van der Waals surface area contributed by atoms with E-state index in [-0.39, 0.29) is 24.3 Å². The lowest BCUT2D eigenvalue weighted by Crippen LogP contribution is -2.36. The molecule has 0 aromatic heterocycles. The van der Waals surface area contributed by atoms with Crippen LogP contribution < -0.4 is 0 Å². The number of carbonyl (C=O) groups excluding carboxylic acids is 2. The van der Waals surface area contributed by atoms with Crippen LogP contribution in [0.15, 0.2) is 0 Å². The Labute approximate surface area is 102 Å². The smallest absolute Gasteiger partial charge is 0.232 e. The van der Waals surface area contributed by atoms with Crippen molar-refractivity contribution in [3.8, 4) is 0 Å². The number of carbonyl (C=O) groups is 2. The van der Waals surface area contributed by atoms with E-state index in [1.54, 1.807) is 0 Å². The maximum atomic E-state index is 11.8. The predicted octanol–water partition coefficient (Wildman–Crippen LogP) is 1.18. The molecule has 0 aromatic rings. The fourth-order valence-electron chi connectivity index (χ4n) is 2.89. The third kappa shape index (κ3) is 2.68. The molecular formula is C13H21NO3. The fraction of sp³-hybridized carbons (Fsp3) is 0.846. The van der Waals surface area contributed by atoms with Crippen molar-refractivity contribution in [3.05, 3.63) is 0 Å². The largest absolute Gasteiger partial charge is 0.396 e. The van der Waals surface area contributed by atoms with Crippen molar-refractivity contribution in [1.82, 2.24) is 4.90 Å². The quantitative estimate of drug-likeness (QED) is 0.752. The Morgan fingerprint density at radius 3 is 2.24 bits per heavy atom. The van der Waals surface area contributed by atoms with Crippen LogP contribution in [0.2, 0.25) is 0 Å². The first-order valence-corrected chi connectivity index (χ1v) is 6.57. The van der Waals surface area contributed by atoms with E-state index in [0.29, 0.717) is 24.8 Å². The first kappa shape index (κ1) is 12.6. The van der Waals surface area contributed by atoms with Crippen molar-refractivity contribution in [2.45, 2.75) is 39.0 Å². The predicted molar refractivity (Wildman–Crippen MR) is 63.0 cm³/mol. The molecule has 1 N–H and O–H groups in total. The molecule has 1 saturated heterocycles. The van der Waals surface area contributed by atoms with Crippen LogP contribution in [0.25, 0.3) is 0 Å². The van der Waals surface area contributed by atoms with Gasteiger partial charge in [-0.3, -0.25) is 14.5 Å². The van der Waals surface area contributed by atoms with E-state index in [0.717, 1.165) is 25.7 Å². The molecule has 0 aromatic carbocycles. The van der Waals surface area contributed by atoms with Crippen LogP contribution >= 0.6 is 0 Å². The Bertz CT molecular complexity index is 308. The first-order chi connectivity index (χ1) is 8.11. The lowest BCUT2D eigenvalue weighted by Gasteiger charge is -2.29. The third-order valence-corrected chi connectivity index (χ3v) is 4.13. The van der Waals surface area contributed by atoms with Gasteiger partial charge in [0.2, 0.25) is 11.8 Å². The zero-order valence-electron chi connectivity index (χ0n) is 10.4. The lowest BCUT2D eigenvalue weighted by molar-refractivity contribution is -0.140. The second kappa shape index (κ2) is 5.17. The summed E-state index contributed by atoms with van der Waals surface area (Å²) in [5.74, 6) is 0.730. The topological polar surface area (TPSA) is 57.6 Å². The highest BCUT2D eigenvalue weighted by atomic mass is 16.3. The van der Waals surface area contributed by atoms with Crippen molar-refractivity contribution >= 4 is 11.8 Å². The summed E-state index contributed by atoms with van der Waals surface area (Å²) in [7, 11) is 0. The molecule has 0 bridgehead atoms. The van der Waals surface area contributed by atoms with Crippen LogP contribution in [0.3, 0.4) is 0 Å². The SMILES string of the molecule is CC1CC(=O)N(CC2CCC(CO)CC2)C1=O. The van der Waals surface area contributed by atoms with Gasteiger partial charge >= 0.3 is 0 Å². The standard InChI is InChI=1S/C13H21NO3/c1-9-6-12(16)14(13(9)17)7-10-2-4-11(8-15)5-3-10/h9-11,15H,2-8H2,1H3. The number of aliphatic hydroxyl groups excluding tert-OH is 1. The minimum Gasteiger partial charge on any atom is -0.396 e. The van der Waals surface area contributed by atoms with E-state index in [2.05, 4.69) is 0 Å². The summed E-state index contributed by atoms with van der Waals surface area (Å²) < 4.78 is 0. The third-order valence-electron chi connectivity index (χ3n) is 4.13. The van der Waals surface area contributed by atoms with Crippen molar-refractivity contribution in [3.63, 3.8) is 0 Å². The van der Waals surface area contributed by atoms with Crippen LogP contribution in [-0.4, -0.2) is 35.0 Å². The Morgan fingerprint density at radius 1 is 1.18 bits per heavy atom. The molecule has 1 unspecified atom stereocenters. The maximum absolute atomic E-state index is 11.8. The van der Waals surface area contributed by atoms with E-state index in [1.165, 1.54) is 4.90 Å². The average molecular weight is 239 g/mol. The van der Waals surface area contributed by atoms with Crippen LogP contribution in [0.1, 0.15) is 39.0 Å². The van der Waals surface area contributed by atoms with Gasteiger partial charge in [-0.25, -0.2) is 0 Å². The molecule has 4 nitrogen and oxygen atoms in total. The van der Waals surface area contributed by atoms with E-state index < -0.39 is 0 Å². The number of hydrogen-bond acceptors (Lipinski definition) is 3. The number of nitrogens with zero attached hydrogens (tertiary/aromatic N) is 1. The van der Waals surface area contributed by atoms with Gasteiger partial charge in [0.05, 0.1) is 0 Å². The summed E-state index contributed by atoms with van der Waals surface area (Å²) in [5.41, 5.74) is 0. The number of aliphatic hydroxyl groups is 1. The molecule has 1 atom stereocenters. The highest BCUT2D eigenvalue weighted by Gasteiger charge is 2.37. The van der Waals surface area contributed by atoms with Crippen molar-refractivity contribution in [2.75, 3.05) is 13.2 Å². The Balaban J connectivity index is 1.86. The Hall–Kier alpha value is -0.900. The van der Waals surface area contributed by atoms with Crippen LogP contribution in [0.4, 0.5) is 0 Å². The second-order valence-electron chi connectivity index (χ2n) is 5.52. The van der Waals surface area contributed by atoms with Gasteiger partial charge in [-0.15, -0.1) is 0 Å². The summed E-state index contributed by atoms with van der Waals surface area (Å²) >= 11 is 0. The summed E-state index contributed by atoms with van der Waals surface area (Å²) in [6.07, 6.45) is 4.47. The maximum Gasteiger partial charge on any atom is 0.232 e. The van der Waals surface area contributed by atoms with Crippen molar-refractivity contribution in [2.24, 2.45) is 17.8 Å². The van der Waals surface area contributed by atoms with Crippen molar-refractivity contribution < 1.29 is 14.7 Å². The number of rotatable bonds is 3. The minimum atomic E-state index is -0.128. The van der Waals surface area contributed by atoms with E-state index in [4.69, 9.17) is 5.11 Å². The number of imide groups is 1. The van der Waals surface area contributed by atoms with Gasteiger partial charge in [0.1, 0.15) is 0 Å². The summed E-state index contributed by atoms with van der Waals surface area (Å²) in [6.45, 7) is 2.69. The molecule has 0 radical (unpaired) electrons. The zero-order chi connectivity index (χ0) is 12.4. The summed E-state index contributed by atoms with van der Waals surface area (Å²) in [4.78, 5) is 24.9. The van der Waals surface area contributed by atoms with Gasteiger partial charge in [-0.2, -0.15) is 0 Å². The molecule has 2 fully saturated rings. The molecule has 17 heavy (non-hydrogen) atoms. The number of amides is 2. The number of likely N-dealkylation sites (tertiary alicyclic amines) is 1. The van der Waals surface area contributed by atoms with Gasteiger partial charge in [-0.1, -0.05) is 6.92 Å². The molecule has 2 aliphatic rings. The molecular weight excluding hydrogens is 218 g/mol. The molecule has 96 valence electrons. The van der Waals surface area contributed by atoms with Gasteiger partial charge in [-0.05, 0) is 37.5 Å². The molecule has 1 aliphatic heterocycles. The monoisotopic (exact) mass is 239 g/mol. The molecule has 2 rings (SSSR count). The van der Waals surface area contributed by atoms with Crippen LogP contribution in [0.5, 0.6) is 0 Å². The second-order valence-corrected chi connectivity index (χ2v) is 5.52. The van der Waals surface area contributed by atoms with Crippen molar-refractivity contribution in [1.29, 1.82) is 0 Å². The average Bonchev–Trinajstić information content (AvgIpc) is 2.57. The lowest BCUT2D eigenvalue weighted by atomic mass is 9.82. The van der Waals surface area contributed by atoms with Gasteiger partial charge in [0.15, 0.2) is 0 Å². The Morgan fingerprint density at radius 2 is 1.76 bits per heavy atom. The summed E-state index contributed by atoms with van der Waals surface area (Å²) in [6, 6.07) is 0. The van der Waals surface area contributed by atoms with E-state index >= 15 is 0 Å². The van der Waals surface area contributed by atoms with E-state index in [1.807, 2.05) is 6.92 Å². The zero-order valence-corrected chi connectivity index (χ0v) is 10.4. The van der Waals surface area contributed by atoms with E-state index in [9.17, 15) is 9.59 Å². The molecule has 4 heteroatoms. The highest BCUT2D eigenvalue weighted by molar-refractivity contribution is 6.03. The molecule has 1 saturated carbocycles. The van der Waals surface area contributed by atoms with Crippen LogP contribution in [0, 0.1) is 17.8 Å². The molecule has 2 amide bonds.